The SMILES string of the molecule is Cn1ccc2cc(O)c(OS)cc21. The molecule has 0 radical (unpaired) electrons. The van der Waals surface area contributed by atoms with Crippen molar-refractivity contribution in [2.75, 3.05) is 0 Å². The maximum absolute atomic E-state index is 9.43. The predicted octanol–water partition coefficient (Wildman–Crippen LogP) is 2.11. The number of phenolic OH excluding ortho intramolecular Hbond substituents is 1. The first-order valence-electron chi connectivity index (χ1n) is 3.82. The molecule has 2 rings (SSSR count). The first kappa shape index (κ1) is 8.31. The number of nitrogens with zero attached hydrogens (tertiary/aromatic N) is 1. The van der Waals surface area contributed by atoms with Crippen LogP contribution in [0.3, 0.4) is 0 Å². The van der Waals surface area contributed by atoms with E-state index in [1.54, 1.807) is 12.1 Å². The lowest BCUT2D eigenvalue weighted by Gasteiger charge is -2.02. The Kier molecular flexibility index (Phi) is 1.84. The van der Waals surface area contributed by atoms with E-state index in [2.05, 4.69) is 12.9 Å². The summed E-state index contributed by atoms with van der Waals surface area (Å²) >= 11 is 3.65. The fourth-order valence-corrected chi connectivity index (χ4v) is 1.50. The van der Waals surface area contributed by atoms with Crippen molar-refractivity contribution in [1.29, 1.82) is 0 Å². The van der Waals surface area contributed by atoms with E-state index in [0.717, 1.165) is 10.9 Å². The molecular formula is C9H9NO2S. The molecule has 0 spiro atoms. The Hall–Kier alpha value is -1.29. The highest BCUT2D eigenvalue weighted by Crippen LogP contribution is 2.32. The lowest BCUT2D eigenvalue weighted by molar-refractivity contribution is 0.452. The van der Waals surface area contributed by atoms with Crippen LogP contribution in [0.5, 0.6) is 11.5 Å². The quantitative estimate of drug-likeness (QED) is 0.540. The highest BCUT2D eigenvalue weighted by molar-refractivity contribution is 7.75. The second-order valence-electron chi connectivity index (χ2n) is 2.90. The van der Waals surface area contributed by atoms with Crippen LogP contribution in [0.2, 0.25) is 0 Å². The highest BCUT2D eigenvalue weighted by Gasteiger charge is 2.05. The average molecular weight is 195 g/mol. The number of hydrogen-bond acceptors (Lipinski definition) is 3. The third-order valence-corrected chi connectivity index (χ3v) is 2.26. The van der Waals surface area contributed by atoms with Crippen molar-refractivity contribution in [3.63, 3.8) is 0 Å². The van der Waals surface area contributed by atoms with Gasteiger partial charge in [-0.3, -0.25) is 0 Å². The summed E-state index contributed by atoms with van der Waals surface area (Å²) in [6.07, 6.45) is 1.92. The van der Waals surface area contributed by atoms with Gasteiger partial charge in [-0.2, -0.15) is 0 Å². The molecule has 0 aliphatic heterocycles. The van der Waals surface area contributed by atoms with Crippen molar-refractivity contribution < 1.29 is 9.29 Å². The molecule has 1 aromatic carbocycles. The minimum atomic E-state index is 0.105. The Morgan fingerprint density at radius 2 is 2.23 bits per heavy atom. The second kappa shape index (κ2) is 2.88. The molecule has 2 aromatic rings. The summed E-state index contributed by atoms with van der Waals surface area (Å²) in [6, 6.07) is 5.33. The number of thiol groups is 1. The van der Waals surface area contributed by atoms with Gasteiger partial charge < -0.3 is 13.9 Å². The Bertz CT molecular complexity index is 450. The van der Waals surface area contributed by atoms with Gasteiger partial charge in [0.2, 0.25) is 0 Å². The Morgan fingerprint density at radius 3 is 2.92 bits per heavy atom. The molecule has 4 heteroatoms. The Balaban J connectivity index is 2.77. The summed E-state index contributed by atoms with van der Waals surface area (Å²) in [5, 5.41) is 10.4. The molecule has 1 heterocycles. The maximum atomic E-state index is 9.43. The van der Waals surface area contributed by atoms with E-state index in [-0.39, 0.29) is 5.75 Å². The zero-order valence-corrected chi connectivity index (χ0v) is 7.95. The average Bonchev–Trinajstić information content (AvgIpc) is 2.46. The van der Waals surface area contributed by atoms with Gasteiger partial charge in [-0.1, -0.05) is 0 Å². The van der Waals surface area contributed by atoms with Crippen molar-refractivity contribution in [3.05, 3.63) is 24.4 Å². The Morgan fingerprint density at radius 1 is 1.46 bits per heavy atom. The fourth-order valence-electron chi connectivity index (χ4n) is 1.36. The monoisotopic (exact) mass is 195 g/mol. The number of rotatable bonds is 1. The van der Waals surface area contributed by atoms with Crippen LogP contribution in [0.25, 0.3) is 10.9 Å². The number of aromatic nitrogens is 1. The molecule has 0 aliphatic carbocycles. The maximum Gasteiger partial charge on any atom is 0.180 e. The molecule has 13 heavy (non-hydrogen) atoms. The molecule has 0 fully saturated rings. The summed E-state index contributed by atoms with van der Waals surface area (Å²) in [5.41, 5.74) is 1.00. The predicted molar refractivity (Wildman–Crippen MR) is 54.2 cm³/mol. The van der Waals surface area contributed by atoms with E-state index in [4.69, 9.17) is 4.18 Å². The van der Waals surface area contributed by atoms with Crippen molar-refractivity contribution in [2.24, 2.45) is 7.05 Å². The molecule has 0 unspecified atom stereocenters. The number of benzene rings is 1. The van der Waals surface area contributed by atoms with Gasteiger partial charge in [0.15, 0.2) is 11.5 Å². The minimum Gasteiger partial charge on any atom is -0.504 e. The van der Waals surface area contributed by atoms with Gasteiger partial charge in [-0.05, 0) is 12.1 Å². The van der Waals surface area contributed by atoms with Gasteiger partial charge in [0.05, 0.1) is 5.52 Å². The normalized spacial score (nSPS) is 10.6. The van der Waals surface area contributed by atoms with Crippen LogP contribution in [0, 0.1) is 0 Å². The van der Waals surface area contributed by atoms with Crippen molar-refractivity contribution >= 4 is 23.8 Å². The zero-order chi connectivity index (χ0) is 9.42. The number of phenols is 1. The molecule has 1 aromatic heterocycles. The molecule has 0 aliphatic rings. The number of hydrogen-bond donors (Lipinski definition) is 2. The molecule has 0 saturated carbocycles. The minimum absolute atomic E-state index is 0.105. The van der Waals surface area contributed by atoms with Crippen molar-refractivity contribution in [1.82, 2.24) is 4.57 Å². The van der Waals surface area contributed by atoms with E-state index >= 15 is 0 Å². The molecule has 0 saturated heterocycles. The first-order valence-corrected chi connectivity index (χ1v) is 4.18. The largest absolute Gasteiger partial charge is 0.504 e. The highest BCUT2D eigenvalue weighted by atomic mass is 32.1. The molecule has 1 N–H and O–H groups in total. The summed E-state index contributed by atoms with van der Waals surface area (Å²) < 4.78 is 6.66. The lowest BCUT2D eigenvalue weighted by atomic mass is 10.2. The number of aryl methyl sites for hydroxylation is 1. The van der Waals surface area contributed by atoms with E-state index in [1.165, 1.54) is 0 Å². The van der Waals surface area contributed by atoms with Crippen LogP contribution < -0.4 is 4.18 Å². The molecule has 0 amide bonds. The molecule has 68 valence electrons. The molecule has 3 nitrogen and oxygen atoms in total. The summed E-state index contributed by atoms with van der Waals surface area (Å²) in [7, 11) is 1.93. The summed E-state index contributed by atoms with van der Waals surface area (Å²) in [5.74, 6) is 0.478. The Labute approximate surface area is 81.2 Å². The molecule has 0 bridgehead atoms. The van der Waals surface area contributed by atoms with Gasteiger partial charge in [0.25, 0.3) is 0 Å². The van der Waals surface area contributed by atoms with E-state index in [9.17, 15) is 5.11 Å². The molecular weight excluding hydrogens is 186 g/mol. The van der Waals surface area contributed by atoms with Crippen LogP contribution in [0.1, 0.15) is 0 Å². The first-order chi connectivity index (χ1) is 6.22. The van der Waals surface area contributed by atoms with Gasteiger partial charge in [-0.25, -0.2) is 0 Å². The number of fused-ring (bicyclic) bond motifs is 1. The van der Waals surface area contributed by atoms with E-state index in [0.29, 0.717) is 5.75 Å². The van der Waals surface area contributed by atoms with Crippen LogP contribution >= 0.6 is 12.9 Å². The van der Waals surface area contributed by atoms with Gasteiger partial charge in [-0.15, -0.1) is 0 Å². The van der Waals surface area contributed by atoms with Crippen molar-refractivity contribution in [3.8, 4) is 11.5 Å². The summed E-state index contributed by atoms with van der Waals surface area (Å²) in [4.78, 5) is 0. The second-order valence-corrected chi connectivity index (χ2v) is 3.08. The zero-order valence-electron chi connectivity index (χ0n) is 7.06. The third kappa shape index (κ3) is 1.23. The molecule has 0 atom stereocenters. The van der Waals surface area contributed by atoms with E-state index in [1.807, 2.05) is 23.9 Å². The third-order valence-electron chi connectivity index (χ3n) is 2.06. The van der Waals surface area contributed by atoms with E-state index < -0.39 is 0 Å². The summed E-state index contributed by atoms with van der Waals surface area (Å²) in [6.45, 7) is 0. The van der Waals surface area contributed by atoms with Crippen LogP contribution in [0.4, 0.5) is 0 Å². The van der Waals surface area contributed by atoms with Crippen LogP contribution in [0.15, 0.2) is 24.4 Å². The topological polar surface area (TPSA) is 34.4 Å². The smallest absolute Gasteiger partial charge is 0.180 e. The van der Waals surface area contributed by atoms with Gasteiger partial charge in [0, 0.05) is 37.6 Å². The van der Waals surface area contributed by atoms with Gasteiger partial charge >= 0.3 is 0 Å². The fraction of sp³-hybridized carbons (Fsp3) is 0.111. The number of aromatic hydroxyl groups is 1. The lowest BCUT2D eigenvalue weighted by Crippen LogP contribution is -1.84. The van der Waals surface area contributed by atoms with Crippen molar-refractivity contribution in [2.45, 2.75) is 0 Å². The van der Waals surface area contributed by atoms with Crippen LogP contribution in [-0.4, -0.2) is 9.67 Å². The van der Waals surface area contributed by atoms with Gasteiger partial charge in [0.1, 0.15) is 0 Å². The standard InChI is InChI=1S/C9H9NO2S/c1-10-3-2-6-4-8(11)9(12-13)5-7(6)10/h2-5,11,13H,1H3. The van der Waals surface area contributed by atoms with Crippen LogP contribution in [-0.2, 0) is 7.05 Å².